The van der Waals surface area contributed by atoms with E-state index >= 15 is 0 Å². The lowest BCUT2D eigenvalue weighted by Crippen LogP contribution is -2.31. The Balaban J connectivity index is 1.91. The SMILES string of the molecule is CCC(CC#N)OC(=O)N[C@@H](C)c1cccc(NCC(=O)Nc2ccc(OC)c(OC)c2)c1. The van der Waals surface area contributed by atoms with Crippen LogP contribution in [0.5, 0.6) is 11.5 Å². The quantitative estimate of drug-likeness (QED) is 0.464. The fourth-order valence-electron chi connectivity index (χ4n) is 3.04. The third kappa shape index (κ3) is 7.92. The van der Waals surface area contributed by atoms with Gasteiger partial charge in [0.25, 0.3) is 0 Å². The first-order valence-corrected chi connectivity index (χ1v) is 10.6. The van der Waals surface area contributed by atoms with Crippen molar-refractivity contribution in [3.63, 3.8) is 0 Å². The van der Waals surface area contributed by atoms with E-state index in [4.69, 9.17) is 19.5 Å². The topological polar surface area (TPSA) is 122 Å². The molecule has 2 aromatic carbocycles. The number of carbonyl (C=O) groups is 2. The lowest BCUT2D eigenvalue weighted by atomic mass is 10.1. The van der Waals surface area contributed by atoms with E-state index < -0.39 is 12.2 Å². The van der Waals surface area contributed by atoms with E-state index in [0.29, 0.717) is 23.6 Å². The number of carbonyl (C=O) groups excluding carboxylic acids is 2. The molecule has 0 spiro atoms. The summed E-state index contributed by atoms with van der Waals surface area (Å²) in [7, 11) is 3.08. The minimum Gasteiger partial charge on any atom is -0.493 e. The van der Waals surface area contributed by atoms with E-state index in [1.54, 1.807) is 25.3 Å². The number of ether oxygens (including phenoxy) is 3. The Hall–Kier alpha value is -3.93. The maximum absolute atomic E-state index is 12.3. The van der Waals surface area contributed by atoms with Crippen molar-refractivity contribution in [2.45, 2.75) is 38.8 Å². The fourth-order valence-corrected chi connectivity index (χ4v) is 3.04. The zero-order valence-corrected chi connectivity index (χ0v) is 19.3. The monoisotopic (exact) mass is 454 g/mol. The number of hydrogen-bond acceptors (Lipinski definition) is 7. The minimum absolute atomic E-state index is 0.0496. The van der Waals surface area contributed by atoms with E-state index in [-0.39, 0.29) is 24.9 Å². The van der Waals surface area contributed by atoms with Gasteiger partial charge in [0.1, 0.15) is 6.10 Å². The Morgan fingerprint density at radius 2 is 1.82 bits per heavy atom. The molecule has 0 bridgehead atoms. The number of anilines is 2. The molecule has 1 unspecified atom stereocenters. The van der Waals surface area contributed by atoms with Gasteiger partial charge in [-0.3, -0.25) is 4.79 Å². The molecule has 0 aliphatic carbocycles. The molecular formula is C24H30N4O5. The number of nitrogens with zero attached hydrogens (tertiary/aromatic N) is 1. The lowest BCUT2D eigenvalue weighted by Gasteiger charge is -2.18. The van der Waals surface area contributed by atoms with Gasteiger partial charge in [-0.25, -0.2) is 4.79 Å². The molecule has 33 heavy (non-hydrogen) atoms. The van der Waals surface area contributed by atoms with Crippen LogP contribution >= 0.6 is 0 Å². The Morgan fingerprint density at radius 1 is 1.06 bits per heavy atom. The fraction of sp³-hybridized carbons (Fsp3) is 0.375. The van der Waals surface area contributed by atoms with Crippen LogP contribution in [0.15, 0.2) is 42.5 Å². The molecule has 2 atom stereocenters. The van der Waals surface area contributed by atoms with Crippen LogP contribution in [0, 0.1) is 11.3 Å². The van der Waals surface area contributed by atoms with Crippen LogP contribution in [0.2, 0.25) is 0 Å². The Labute approximate surface area is 194 Å². The normalized spacial score (nSPS) is 12.0. The first kappa shape index (κ1) is 25.3. The third-order valence-electron chi connectivity index (χ3n) is 4.89. The van der Waals surface area contributed by atoms with Crippen molar-refractivity contribution in [1.29, 1.82) is 5.26 Å². The average Bonchev–Trinajstić information content (AvgIpc) is 2.82. The molecule has 2 rings (SSSR count). The summed E-state index contributed by atoms with van der Waals surface area (Å²) in [6.45, 7) is 3.73. The second-order valence-electron chi connectivity index (χ2n) is 7.26. The number of amides is 2. The summed E-state index contributed by atoms with van der Waals surface area (Å²) < 4.78 is 15.7. The van der Waals surface area contributed by atoms with Gasteiger partial charge >= 0.3 is 6.09 Å². The summed E-state index contributed by atoms with van der Waals surface area (Å²) >= 11 is 0. The van der Waals surface area contributed by atoms with Gasteiger partial charge in [-0.1, -0.05) is 19.1 Å². The molecule has 0 radical (unpaired) electrons. The molecule has 0 saturated carbocycles. The average molecular weight is 455 g/mol. The van der Waals surface area contributed by atoms with Crippen LogP contribution in [-0.2, 0) is 9.53 Å². The largest absolute Gasteiger partial charge is 0.493 e. The highest BCUT2D eigenvalue weighted by molar-refractivity contribution is 5.94. The van der Waals surface area contributed by atoms with Gasteiger partial charge in [-0.2, -0.15) is 5.26 Å². The molecule has 0 aliphatic heterocycles. The second kappa shape index (κ2) is 12.8. The smallest absolute Gasteiger partial charge is 0.407 e. The molecule has 2 aromatic rings. The highest BCUT2D eigenvalue weighted by Gasteiger charge is 2.16. The Bertz CT molecular complexity index is 989. The van der Waals surface area contributed by atoms with Gasteiger partial charge in [0, 0.05) is 17.4 Å². The van der Waals surface area contributed by atoms with Crippen LogP contribution in [0.4, 0.5) is 16.2 Å². The van der Waals surface area contributed by atoms with Gasteiger partial charge < -0.3 is 30.2 Å². The van der Waals surface area contributed by atoms with Gasteiger partial charge in [0.2, 0.25) is 5.91 Å². The van der Waals surface area contributed by atoms with Crippen LogP contribution in [-0.4, -0.2) is 38.9 Å². The number of alkyl carbamates (subject to hydrolysis) is 1. The molecule has 2 amide bonds. The van der Waals surface area contributed by atoms with E-state index in [9.17, 15) is 9.59 Å². The first-order chi connectivity index (χ1) is 15.9. The maximum atomic E-state index is 12.3. The van der Waals surface area contributed by atoms with E-state index in [1.165, 1.54) is 7.11 Å². The van der Waals surface area contributed by atoms with Crippen molar-refractivity contribution >= 4 is 23.4 Å². The molecule has 0 heterocycles. The number of nitriles is 1. The summed E-state index contributed by atoms with van der Waals surface area (Å²) in [5, 5.41) is 17.4. The molecule has 176 valence electrons. The summed E-state index contributed by atoms with van der Waals surface area (Å²) in [6.07, 6.45) is -0.278. The molecule has 3 N–H and O–H groups in total. The molecule has 0 aliphatic rings. The number of rotatable bonds is 11. The minimum atomic E-state index is -0.572. The van der Waals surface area contributed by atoms with Crippen molar-refractivity contribution in [3.8, 4) is 17.6 Å². The van der Waals surface area contributed by atoms with Crippen molar-refractivity contribution < 1.29 is 23.8 Å². The Morgan fingerprint density at radius 3 is 2.48 bits per heavy atom. The van der Waals surface area contributed by atoms with Crippen molar-refractivity contribution in [2.75, 3.05) is 31.4 Å². The zero-order chi connectivity index (χ0) is 24.2. The molecule has 0 fully saturated rings. The molecule has 0 saturated heterocycles. The number of nitrogens with one attached hydrogen (secondary N) is 3. The summed E-state index contributed by atoms with van der Waals surface area (Å²) in [6, 6.07) is 14.2. The third-order valence-corrected chi connectivity index (χ3v) is 4.89. The van der Waals surface area contributed by atoms with Crippen LogP contribution in [0.3, 0.4) is 0 Å². The summed E-state index contributed by atoms with van der Waals surface area (Å²) in [5.41, 5.74) is 2.16. The summed E-state index contributed by atoms with van der Waals surface area (Å²) in [5.74, 6) is 0.867. The lowest BCUT2D eigenvalue weighted by molar-refractivity contribution is -0.114. The standard InChI is InChI=1S/C24H30N4O5/c1-5-20(11-12-25)33-24(30)27-16(2)17-7-6-8-18(13-17)26-15-23(29)28-19-9-10-21(31-3)22(14-19)32-4/h6-10,13-14,16,20,26H,5,11,15H2,1-4H3,(H,27,30)(H,28,29)/t16-,20?/m0/s1. The van der Waals surface area contributed by atoms with Crippen LogP contribution in [0.1, 0.15) is 38.3 Å². The summed E-state index contributed by atoms with van der Waals surface area (Å²) in [4.78, 5) is 24.4. The highest BCUT2D eigenvalue weighted by Crippen LogP contribution is 2.29. The van der Waals surface area contributed by atoms with Crippen LogP contribution in [0.25, 0.3) is 0 Å². The van der Waals surface area contributed by atoms with Gasteiger partial charge in [0.15, 0.2) is 11.5 Å². The first-order valence-electron chi connectivity index (χ1n) is 10.6. The maximum Gasteiger partial charge on any atom is 0.407 e. The molecule has 9 nitrogen and oxygen atoms in total. The number of hydrogen-bond donors (Lipinski definition) is 3. The van der Waals surface area contributed by atoms with Crippen molar-refractivity contribution in [2.24, 2.45) is 0 Å². The van der Waals surface area contributed by atoms with Gasteiger partial charge in [-0.05, 0) is 43.2 Å². The van der Waals surface area contributed by atoms with E-state index in [2.05, 4.69) is 16.0 Å². The number of benzene rings is 2. The predicted octanol–water partition coefficient (Wildman–Crippen LogP) is 4.23. The van der Waals surface area contributed by atoms with Gasteiger partial charge in [-0.15, -0.1) is 0 Å². The highest BCUT2D eigenvalue weighted by atomic mass is 16.6. The van der Waals surface area contributed by atoms with Crippen LogP contribution < -0.4 is 25.4 Å². The van der Waals surface area contributed by atoms with Gasteiger partial charge in [0.05, 0.1) is 39.3 Å². The molecular weight excluding hydrogens is 424 g/mol. The predicted molar refractivity (Wildman–Crippen MR) is 125 cm³/mol. The molecule has 9 heteroatoms. The van der Waals surface area contributed by atoms with E-state index in [1.807, 2.05) is 44.2 Å². The van der Waals surface area contributed by atoms with Crippen molar-refractivity contribution in [1.82, 2.24) is 5.32 Å². The van der Waals surface area contributed by atoms with Crippen molar-refractivity contribution in [3.05, 3.63) is 48.0 Å². The molecule has 0 aromatic heterocycles. The van der Waals surface area contributed by atoms with E-state index in [0.717, 1.165) is 11.3 Å². The number of methoxy groups -OCH3 is 2. The zero-order valence-electron chi connectivity index (χ0n) is 19.3. The second-order valence-corrected chi connectivity index (χ2v) is 7.26. The Kier molecular flexibility index (Phi) is 9.83.